The van der Waals surface area contributed by atoms with Crippen molar-refractivity contribution in [3.05, 3.63) is 39.0 Å². The molecule has 8 nitrogen and oxygen atoms in total. The second-order valence-electron chi connectivity index (χ2n) is 5.31. The highest BCUT2D eigenvalue weighted by molar-refractivity contribution is 7.89. The molecule has 2 rings (SSSR count). The van der Waals surface area contributed by atoms with E-state index in [0.29, 0.717) is 6.42 Å². The molecule has 0 bridgehead atoms. The van der Waals surface area contributed by atoms with Gasteiger partial charge in [0.05, 0.1) is 15.8 Å². The number of sulfonamides is 1. The molecule has 2 aromatic rings. The fourth-order valence-corrected chi connectivity index (χ4v) is 3.58. The van der Waals surface area contributed by atoms with Gasteiger partial charge >= 0.3 is 5.69 Å². The molecule has 134 valence electrons. The third-order valence-corrected chi connectivity index (χ3v) is 5.05. The van der Waals surface area contributed by atoms with Crippen LogP contribution >= 0.6 is 12.4 Å². The van der Waals surface area contributed by atoms with E-state index in [9.17, 15) is 18.0 Å². The molecule has 0 aliphatic carbocycles. The van der Waals surface area contributed by atoms with Crippen LogP contribution in [0.4, 0.5) is 0 Å². The lowest BCUT2D eigenvalue weighted by Gasteiger charge is -2.16. The first kappa shape index (κ1) is 20.4. The fourth-order valence-electron chi connectivity index (χ4n) is 2.27. The van der Waals surface area contributed by atoms with Crippen LogP contribution in [-0.2, 0) is 10.0 Å². The second kappa shape index (κ2) is 8.43. The normalized spacial score (nSPS) is 12.8. The summed E-state index contributed by atoms with van der Waals surface area (Å²) in [5.74, 6) is 0. The molecule has 1 aromatic carbocycles. The van der Waals surface area contributed by atoms with Crippen molar-refractivity contribution < 1.29 is 8.42 Å². The summed E-state index contributed by atoms with van der Waals surface area (Å²) in [5, 5.41) is 0.102. The first-order valence-electron chi connectivity index (χ1n) is 7.36. The highest BCUT2D eigenvalue weighted by atomic mass is 35.5. The van der Waals surface area contributed by atoms with E-state index in [1.165, 1.54) is 18.2 Å². The number of nitrogens with one attached hydrogen (secondary N) is 3. The van der Waals surface area contributed by atoms with Gasteiger partial charge in [-0.05, 0) is 24.6 Å². The number of benzene rings is 1. The Labute approximate surface area is 145 Å². The summed E-state index contributed by atoms with van der Waals surface area (Å²) < 4.78 is 27.4. The Hall–Kier alpha value is -1.68. The first-order chi connectivity index (χ1) is 10.9. The highest BCUT2D eigenvalue weighted by Crippen LogP contribution is 2.15. The van der Waals surface area contributed by atoms with Gasteiger partial charge in [-0.2, -0.15) is 0 Å². The maximum absolute atomic E-state index is 12.4. The molecular weight excluding hydrogens is 356 g/mol. The molecule has 0 radical (unpaired) electrons. The Kier molecular flexibility index (Phi) is 7.15. The Morgan fingerprint density at radius 2 is 1.96 bits per heavy atom. The van der Waals surface area contributed by atoms with Gasteiger partial charge in [-0.1, -0.05) is 19.8 Å². The van der Waals surface area contributed by atoms with Crippen molar-refractivity contribution in [2.75, 3.05) is 6.54 Å². The average Bonchev–Trinajstić information content (AvgIpc) is 2.50. The van der Waals surface area contributed by atoms with Crippen molar-refractivity contribution in [3.63, 3.8) is 0 Å². The molecular formula is C14H21ClN4O4S. The summed E-state index contributed by atoms with van der Waals surface area (Å²) in [6, 6.07) is 3.61. The molecule has 1 atom stereocenters. The first-order valence-corrected chi connectivity index (χ1v) is 8.84. The number of unbranched alkanes of at least 4 members (excludes halogenated alkanes) is 1. The molecule has 0 fully saturated rings. The van der Waals surface area contributed by atoms with Crippen LogP contribution in [0.5, 0.6) is 0 Å². The predicted octanol–water partition coefficient (Wildman–Crippen LogP) is 0.434. The Morgan fingerprint density at radius 1 is 1.25 bits per heavy atom. The lowest BCUT2D eigenvalue weighted by atomic mass is 10.1. The van der Waals surface area contributed by atoms with Crippen LogP contribution in [0.2, 0.25) is 0 Å². The fraction of sp³-hybridized carbons (Fsp3) is 0.429. The lowest BCUT2D eigenvalue weighted by molar-refractivity contribution is 0.516. The van der Waals surface area contributed by atoms with Crippen LogP contribution in [0.25, 0.3) is 10.9 Å². The van der Waals surface area contributed by atoms with Crippen molar-refractivity contribution >= 4 is 33.3 Å². The number of rotatable bonds is 7. The van der Waals surface area contributed by atoms with Crippen molar-refractivity contribution in [1.82, 2.24) is 14.7 Å². The molecule has 24 heavy (non-hydrogen) atoms. The summed E-state index contributed by atoms with van der Waals surface area (Å²) in [5.41, 5.74) is 4.61. The van der Waals surface area contributed by atoms with Crippen LogP contribution in [0.3, 0.4) is 0 Å². The number of halogens is 1. The van der Waals surface area contributed by atoms with E-state index in [4.69, 9.17) is 5.73 Å². The van der Waals surface area contributed by atoms with Crippen LogP contribution < -0.4 is 21.7 Å². The number of hydrogen-bond donors (Lipinski definition) is 4. The summed E-state index contributed by atoms with van der Waals surface area (Å²) in [4.78, 5) is 27.5. The van der Waals surface area contributed by atoms with Crippen LogP contribution in [0, 0.1) is 0 Å². The summed E-state index contributed by atoms with van der Waals surface area (Å²) >= 11 is 0. The van der Waals surface area contributed by atoms with Crippen molar-refractivity contribution in [2.45, 2.75) is 37.1 Å². The van der Waals surface area contributed by atoms with E-state index in [0.717, 1.165) is 12.8 Å². The van der Waals surface area contributed by atoms with E-state index in [2.05, 4.69) is 14.7 Å². The zero-order valence-electron chi connectivity index (χ0n) is 13.2. The molecule has 10 heteroatoms. The largest absolute Gasteiger partial charge is 0.329 e. The van der Waals surface area contributed by atoms with Crippen LogP contribution in [0.15, 0.2) is 32.7 Å². The predicted molar refractivity (Wildman–Crippen MR) is 95.1 cm³/mol. The van der Waals surface area contributed by atoms with E-state index in [-0.39, 0.29) is 40.8 Å². The zero-order chi connectivity index (χ0) is 17.0. The van der Waals surface area contributed by atoms with Gasteiger partial charge in [0, 0.05) is 12.6 Å². The molecule has 1 heterocycles. The van der Waals surface area contributed by atoms with Gasteiger partial charge in [0.1, 0.15) is 0 Å². The average molecular weight is 377 g/mol. The minimum atomic E-state index is -3.80. The maximum Gasteiger partial charge on any atom is 0.326 e. The number of aromatic nitrogens is 2. The molecule has 5 N–H and O–H groups in total. The molecule has 0 saturated carbocycles. The smallest absolute Gasteiger partial charge is 0.326 e. The van der Waals surface area contributed by atoms with Gasteiger partial charge in [-0.3, -0.25) is 9.78 Å². The molecule has 0 saturated heterocycles. The number of hydrogen-bond acceptors (Lipinski definition) is 5. The van der Waals surface area contributed by atoms with Gasteiger partial charge in [0.2, 0.25) is 10.0 Å². The molecule has 1 aromatic heterocycles. The van der Waals surface area contributed by atoms with Gasteiger partial charge in [0.25, 0.3) is 5.56 Å². The Morgan fingerprint density at radius 3 is 2.58 bits per heavy atom. The minimum absolute atomic E-state index is 0. The third-order valence-electron chi connectivity index (χ3n) is 3.53. The number of aromatic amines is 2. The number of nitrogens with two attached hydrogens (primary N) is 1. The van der Waals surface area contributed by atoms with Crippen molar-refractivity contribution in [1.29, 1.82) is 0 Å². The van der Waals surface area contributed by atoms with E-state index in [1.807, 2.05) is 6.92 Å². The van der Waals surface area contributed by atoms with Crippen molar-refractivity contribution in [2.24, 2.45) is 5.73 Å². The van der Waals surface area contributed by atoms with Crippen LogP contribution in [0.1, 0.15) is 26.2 Å². The lowest BCUT2D eigenvalue weighted by Crippen LogP contribution is -2.40. The van der Waals surface area contributed by atoms with Gasteiger partial charge < -0.3 is 10.7 Å². The standard InChI is InChI=1S/C14H20N4O4S.ClH/c1-2-3-4-9(8-15)18-23(21,22)10-5-6-12-11(7-10)13(19)17-14(20)16-12;/h5-7,9,18H,2-4,8,15H2,1H3,(H2,16,17,19,20);1H. The highest BCUT2D eigenvalue weighted by Gasteiger charge is 2.19. The SMILES string of the molecule is CCCCC(CN)NS(=O)(=O)c1ccc2[nH]c(=O)[nH]c(=O)c2c1.Cl. The molecule has 0 amide bonds. The van der Waals surface area contributed by atoms with Crippen molar-refractivity contribution in [3.8, 4) is 0 Å². The van der Waals surface area contributed by atoms with Gasteiger partial charge in [-0.25, -0.2) is 17.9 Å². The van der Waals surface area contributed by atoms with Crippen LogP contribution in [-0.4, -0.2) is 31.0 Å². The van der Waals surface area contributed by atoms with Gasteiger partial charge in [-0.15, -0.1) is 12.4 Å². The summed E-state index contributed by atoms with van der Waals surface area (Å²) in [6.45, 7) is 2.21. The zero-order valence-corrected chi connectivity index (χ0v) is 14.8. The summed E-state index contributed by atoms with van der Waals surface area (Å²) in [7, 11) is -3.80. The number of fused-ring (bicyclic) bond motifs is 1. The molecule has 1 unspecified atom stereocenters. The molecule has 0 aliphatic rings. The minimum Gasteiger partial charge on any atom is -0.329 e. The Balaban J connectivity index is 0.00000288. The van der Waals surface area contributed by atoms with Gasteiger partial charge in [0.15, 0.2) is 0 Å². The van der Waals surface area contributed by atoms with E-state index in [1.54, 1.807) is 0 Å². The van der Waals surface area contributed by atoms with E-state index >= 15 is 0 Å². The third kappa shape index (κ3) is 4.67. The Bertz CT molecular complexity index is 907. The number of H-pyrrole nitrogens is 2. The molecule has 0 aliphatic heterocycles. The quantitative estimate of drug-likeness (QED) is 0.555. The second-order valence-corrected chi connectivity index (χ2v) is 7.03. The molecule has 0 spiro atoms. The monoisotopic (exact) mass is 376 g/mol. The topological polar surface area (TPSA) is 138 Å². The maximum atomic E-state index is 12.4. The summed E-state index contributed by atoms with van der Waals surface area (Å²) in [6.07, 6.45) is 2.45. The van der Waals surface area contributed by atoms with E-state index < -0.39 is 21.3 Å².